The lowest BCUT2D eigenvalue weighted by molar-refractivity contribution is -0.141. The van der Waals surface area contributed by atoms with Crippen molar-refractivity contribution in [3.8, 4) is 0 Å². The molecule has 0 spiro atoms. The molecule has 0 aromatic carbocycles. The number of rotatable bonds is 6. The molecule has 72 valence electrons. The minimum Gasteiger partial charge on any atom is -0.468 e. The second-order valence-electron chi connectivity index (χ2n) is 2.28. The van der Waals surface area contributed by atoms with E-state index in [1.165, 1.54) is 7.11 Å². The summed E-state index contributed by atoms with van der Waals surface area (Å²) in [5.41, 5.74) is 5.45. The molecule has 3 N–H and O–H groups in total. The molecule has 0 aliphatic rings. The molecule has 0 saturated heterocycles. The third-order valence-corrected chi connectivity index (χ3v) is 2.42. The van der Waals surface area contributed by atoms with E-state index in [1.807, 2.05) is 0 Å². The number of esters is 1. The van der Waals surface area contributed by atoms with Crippen LogP contribution in [-0.4, -0.2) is 42.3 Å². The number of aliphatic hydroxyl groups is 1. The monoisotopic (exact) mass is 193 g/mol. The number of aliphatic hydroxyl groups excluding tert-OH is 1. The molecular formula is C7H15NO3S. The summed E-state index contributed by atoms with van der Waals surface area (Å²) in [6, 6.07) is -0.543. The van der Waals surface area contributed by atoms with E-state index in [4.69, 9.17) is 10.8 Å². The second kappa shape index (κ2) is 7.39. The van der Waals surface area contributed by atoms with E-state index >= 15 is 0 Å². The average Bonchev–Trinajstić information content (AvgIpc) is 2.10. The standard InChI is InChI=1S/C7H15NO3S/c1-11-7(10)6(8)5-12-4-2-3-9/h6,9H,2-5,8H2,1H3/t6-/m0/s1. The second-order valence-corrected chi connectivity index (χ2v) is 3.43. The van der Waals surface area contributed by atoms with Crippen LogP contribution in [0.25, 0.3) is 0 Å². The summed E-state index contributed by atoms with van der Waals surface area (Å²) >= 11 is 1.54. The summed E-state index contributed by atoms with van der Waals surface area (Å²) in [6.45, 7) is 0.181. The zero-order valence-electron chi connectivity index (χ0n) is 7.16. The lowest BCUT2D eigenvalue weighted by Gasteiger charge is -2.07. The molecule has 0 rings (SSSR count). The maximum absolute atomic E-state index is 10.8. The van der Waals surface area contributed by atoms with Gasteiger partial charge in [-0.2, -0.15) is 11.8 Å². The van der Waals surface area contributed by atoms with Crippen LogP contribution >= 0.6 is 11.8 Å². The highest BCUT2D eigenvalue weighted by Gasteiger charge is 2.12. The Hall–Kier alpha value is -0.260. The molecular weight excluding hydrogens is 178 g/mol. The van der Waals surface area contributed by atoms with Crippen molar-refractivity contribution in [2.45, 2.75) is 12.5 Å². The van der Waals surface area contributed by atoms with Crippen LogP contribution in [0.4, 0.5) is 0 Å². The zero-order valence-corrected chi connectivity index (χ0v) is 7.97. The Bertz CT molecular complexity index is 132. The van der Waals surface area contributed by atoms with Crippen LogP contribution in [0.3, 0.4) is 0 Å². The Balaban J connectivity index is 3.31. The van der Waals surface area contributed by atoms with Crippen molar-refractivity contribution in [1.29, 1.82) is 0 Å². The molecule has 12 heavy (non-hydrogen) atoms. The third-order valence-electron chi connectivity index (χ3n) is 1.25. The molecule has 0 radical (unpaired) electrons. The van der Waals surface area contributed by atoms with Crippen LogP contribution in [0.15, 0.2) is 0 Å². The van der Waals surface area contributed by atoms with Gasteiger partial charge in [-0.1, -0.05) is 0 Å². The van der Waals surface area contributed by atoms with Crippen molar-refractivity contribution >= 4 is 17.7 Å². The number of carbonyl (C=O) groups is 1. The zero-order chi connectivity index (χ0) is 9.40. The Kier molecular flexibility index (Phi) is 7.23. The van der Waals surface area contributed by atoms with Crippen LogP contribution in [0, 0.1) is 0 Å². The number of methoxy groups -OCH3 is 1. The smallest absolute Gasteiger partial charge is 0.323 e. The highest BCUT2D eigenvalue weighted by molar-refractivity contribution is 7.99. The largest absolute Gasteiger partial charge is 0.468 e. The number of carbonyl (C=O) groups excluding carboxylic acids is 1. The lowest BCUT2D eigenvalue weighted by Crippen LogP contribution is -2.33. The Morgan fingerprint density at radius 1 is 1.75 bits per heavy atom. The van der Waals surface area contributed by atoms with E-state index in [9.17, 15) is 4.79 Å². The summed E-state index contributed by atoms with van der Waals surface area (Å²) in [6.07, 6.45) is 0.735. The van der Waals surface area contributed by atoms with E-state index < -0.39 is 6.04 Å². The fraction of sp³-hybridized carbons (Fsp3) is 0.857. The molecule has 0 aromatic heterocycles. The van der Waals surface area contributed by atoms with Gasteiger partial charge < -0.3 is 15.6 Å². The maximum Gasteiger partial charge on any atom is 0.323 e. The van der Waals surface area contributed by atoms with Gasteiger partial charge in [0.25, 0.3) is 0 Å². The van der Waals surface area contributed by atoms with Gasteiger partial charge in [0.2, 0.25) is 0 Å². The first-order valence-corrected chi connectivity index (χ1v) is 4.90. The van der Waals surface area contributed by atoms with Crippen LogP contribution in [0.2, 0.25) is 0 Å². The molecule has 1 atom stereocenters. The van der Waals surface area contributed by atoms with E-state index in [2.05, 4.69) is 4.74 Å². The Morgan fingerprint density at radius 2 is 2.42 bits per heavy atom. The summed E-state index contributed by atoms with van der Waals surface area (Å²) in [4.78, 5) is 10.8. The van der Waals surface area contributed by atoms with Crippen LogP contribution < -0.4 is 5.73 Å². The van der Waals surface area contributed by atoms with Gasteiger partial charge in [-0.3, -0.25) is 4.79 Å². The van der Waals surface area contributed by atoms with Gasteiger partial charge >= 0.3 is 5.97 Å². The fourth-order valence-electron chi connectivity index (χ4n) is 0.596. The highest BCUT2D eigenvalue weighted by atomic mass is 32.2. The lowest BCUT2D eigenvalue weighted by atomic mass is 10.4. The maximum atomic E-state index is 10.8. The first-order valence-electron chi connectivity index (χ1n) is 3.74. The van der Waals surface area contributed by atoms with Crippen molar-refractivity contribution in [1.82, 2.24) is 0 Å². The normalized spacial score (nSPS) is 12.6. The number of thioether (sulfide) groups is 1. The fourth-order valence-corrected chi connectivity index (χ4v) is 1.49. The Labute approximate surface area is 76.5 Å². The summed E-state index contributed by atoms with van der Waals surface area (Å²) in [5, 5.41) is 8.45. The van der Waals surface area contributed by atoms with Crippen LogP contribution in [0.5, 0.6) is 0 Å². The molecule has 0 aliphatic carbocycles. The molecule has 0 unspecified atom stereocenters. The van der Waals surface area contributed by atoms with E-state index in [1.54, 1.807) is 11.8 Å². The molecule has 4 nitrogen and oxygen atoms in total. The molecule has 0 saturated carbocycles. The van der Waals surface area contributed by atoms with Gasteiger partial charge in [0.15, 0.2) is 0 Å². The van der Waals surface area contributed by atoms with Gasteiger partial charge in [0.1, 0.15) is 6.04 Å². The number of nitrogens with two attached hydrogens (primary N) is 1. The molecule has 0 fully saturated rings. The minimum absolute atomic E-state index is 0.181. The molecule has 0 bridgehead atoms. The van der Waals surface area contributed by atoms with Crippen molar-refractivity contribution in [3.05, 3.63) is 0 Å². The van der Waals surface area contributed by atoms with Crippen LogP contribution in [0.1, 0.15) is 6.42 Å². The van der Waals surface area contributed by atoms with E-state index in [0.717, 1.165) is 12.2 Å². The van der Waals surface area contributed by atoms with Crippen molar-refractivity contribution < 1.29 is 14.6 Å². The highest BCUT2D eigenvalue weighted by Crippen LogP contribution is 2.03. The summed E-state index contributed by atoms with van der Waals surface area (Å²) in [5.74, 6) is 0.986. The quantitative estimate of drug-likeness (QED) is 0.443. The van der Waals surface area contributed by atoms with Gasteiger partial charge in [-0.15, -0.1) is 0 Å². The predicted octanol–water partition coefficient (Wildman–Crippen LogP) is -0.398. The van der Waals surface area contributed by atoms with Crippen molar-refractivity contribution in [2.75, 3.05) is 25.2 Å². The first-order chi connectivity index (χ1) is 5.72. The minimum atomic E-state index is -0.543. The van der Waals surface area contributed by atoms with Gasteiger partial charge in [-0.25, -0.2) is 0 Å². The molecule has 0 aliphatic heterocycles. The van der Waals surface area contributed by atoms with Gasteiger partial charge in [0, 0.05) is 12.4 Å². The first kappa shape index (κ1) is 11.7. The van der Waals surface area contributed by atoms with Gasteiger partial charge in [0.05, 0.1) is 7.11 Å². The molecule has 0 aromatic rings. The summed E-state index contributed by atoms with van der Waals surface area (Å²) in [7, 11) is 1.32. The van der Waals surface area contributed by atoms with Crippen LogP contribution in [-0.2, 0) is 9.53 Å². The third kappa shape index (κ3) is 5.40. The average molecular weight is 193 g/mol. The van der Waals surface area contributed by atoms with Crippen molar-refractivity contribution in [2.24, 2.45) is 5.73 Å². The Morgan fingerprint density at radius 3 is 2.92 bits per heavy atom. The SMILES string of the molecule is COC(=O)[C@@H](N)CSCCCO. The summed E-state index contributed by atoms with van der Waals surface area (Å²) < 4.78 is 4.44. The molecule has 0 heterocycles. The number of ether oxygens (including phenoxy) is 1. The predicted molar refractivity (Wildman–Crippen MR) is 49.0 cm³/mol. The molecule has 0 amide bonds. The number of hydrogen-bond donors (Lipinski definition) is 2. The van der Waals surface area contributed by atoms with Gasteiger partial charge in [-0.05, 0) is 12.2 Å². The molecule has 5 heteroatoms. The number of hydrogen-bond acceptors (Lipinski definition) is 5. The topological polar surface area (TPSA) is 72.5 Å². The van der Waals surface area contributed by atoms with E-state index in [0.29, 0.717) is 5.75 Å². The van der Waals surface area contributed by atoms with E-state index in [-0.39, 0.29) is 12.6 Å². The van der Waals surface area contributed by atoms with Crippen molar-refractivity contribution in [3.63, 3.8) is 0 Å².